The summed E-state index contributed by atoms with van der Waals surface area (Å²) in [4.78, 5) is 15.0. The van der Waals surface area contributed by atoms with Gasteiger partial charge in [-0.25, -0.2) is 0 Å². The number of benzene rings is 2. The largest absolute Gasteiger partial charge is 0.494 e. The van der Waals surface area contributed by atoms with Crippen LogP contribution in [0.3, 0.4) is 0 Å². The van der Waals surface area contributed by atoms with Gasteiger partial charge in [0.2, 0.25) is 5.75 Å². The number of unbranched alkanes of at least 4 members (excludes halogenated alkanes) is 2. The summed E-state index contributed by atoms with van der Waals surface area (Å²) in [5, 5.41) is 3.50. The average Bonchev–Trinajstić information content (AvgIpc) is 2.83. The van der Waals surface area contributed by atoms with Crippen LogP contribution in [0.4, 0.5) is 0 Å². The van der Waals surface area contributed by atoms with E-state index < -0.39 is 0 Å². The van der Waals surface area contributed by atoms with Crippen LogP contribution in [0.25, 0.3) is 0 Å². The van der Waals surface area contributed by atoms with Crippen molar-refractivity contribution in [2.75, 3.05) is 27.4 Å². The van der Waals surface area contributed by atoms with E-state index in [0.717, 1.165) is 30.6 Å². The van der Waals surface area contributed by atoms with Crippen molar-refractivity contribution < 1.29 is 23.7 Å². The minimum absolute atomic E-state index is 0. The van der Waals surface area contributed by atoms with Crippen LogP contribution in [0.2, 0.25) is 0 Å². The highest BCUT2D eigenvalue weighted by molar-refractivity contribution is 5.98. The first kappa shape index (κ1) is 30.9. The number of rotatable bonds is 14. The lowest BCUT2D eigenvalue weighted by atomic mass is 10.1. The molecule has 0 radical (unpaired) electrons. The molecule has 2 aromatic carbocycles. The van der Waals surface area contributed by atoms with Crippen LogP contribution in [0.1, 0.15) is 62.9 Å². The molecule has 0 aliphatic heterocycles. The Morgan fingerprint density at radius 3 is 2.00 bits per heavy atom. The second kappa shape index (κ2) is 15.8. The first-order chi connectivity index (χ1) is 16.8. The topological polar surface area (TPSA) is 95.6 Å². The van der Waals surface area contributed by atoms with E-state index in [2.05, 4.69) is 5.10 Å². The van der Waals surface area contributed by atoms with Crippen LogP contribution < -0.4 is 24.8 Å². The molecular weight excluding hydrogens is 482 g/mol. The molecule has 36 heavy (non-hydrogen) atoms. The number of carbonyl (C=O) groups is 1. The molecule has 0 aliphatic carbocycles. The fourth-order valence-electron chi connectivity index (χ4n) is 3.92. The van der Waals surface area contributed by atoms with E-state index in [1.807, 2.05) is 56.9 Å². The molecule has 0 aliphatic rings. The van der Waals surface area contributed by atoms with Gasteiger partial charge in [0.05, 0.1) is 39.2 Å². The van der Waals surface area contributed by atoms with Gasteiger partial charge in [-0.3, -0.25) is 4.79 Å². The van der Waals surface area contributed by atoms with E-state index in [9.17, 15) is 4.79 Å². The van der Waals surface area contributed by atoms with Gasteiger partial charge < -0.3 is 29.7 Å². The highest BCUT2D eigenvalue weighted by atomic mass is 35.5. The molecule has 0 bridgehead atoms. The molecule has 0 aromatic heterocycles. The molecule has 1 amide bonds. The average molecular weight is 522 g/mol. The summed E-state index contributed by atoms with van der Waals surface area (Å²) in [5.74, 6) is 7.24. The van der Waals surface area contributed by atoms with Gasteiger partial charge in [0.15, 0.2) is 11.5 Å². The van der Waals surface area contributed by atoms with Crippen LogP contribution >= 0.6 is 12.4 Å². The second-order valence-electron chi connectivity index (χ2n) is 8.68. The Morgan fingerprint density at radius 2 is 1.47 bits per heavy atom. The lowest BCUT2D eigenvalue weighted by molar-refractivity contribution is 0.0639. The van der Waals surface area contributed by atoms with Crippen molar-refractivity contribution in [1.82, 2.24) is 4.90 Å². The maximum Gasteiger partial charge on any atom is 0.258 e. The Balaban J connectivity index is 0.00000648. The SMILES string of the molecule is COc1c(OCCCCCOc2ccc(C=NN)cc2)ccc(C(=O)N(C(C)C)C(C)C)c1OC.Cl. The van der Waals surface area contributed by atoms with Gasteiger partial charge in [-0.05, 0) is 88.9 Å². The molecule has 0 atom stereocenters. The summed E-state index contributed by atoms with van der Waals surface area (Å²) in [6.45, 7) is 9.14. The number of hydrogen-bond acceptors (Lipinski definition) is 7. The molecule has 0 heterocycles. The normalized spacial score (nSPS) is 10.9. The van der Waals surface area contributed by atoms with Gasteiger partial charge in [0, 0.05) is 12.1 Å². The maximum atomic E-state index is 13.2. The van der Waals surface area contributed by atoms with Gasteiger partial charge >= 0.3 is 0 Å². The third kappa shape index (κ3) is 8.52. The first-order valence-corrected chi connectivity index (χ1v) is 12.0. The van der Waals surface area contributed by atoms with Gasteiger partial charge in [-0.2, -0.15) is 5.10 Å². The fraction of sp³-hybridized carbons (Fsp3) is 0.481. The maximum absolute atomic E-state index is 13.2. The zero-order valence-electron chi connectivity index (χ0n) is 22.2. The van der Waals surface area contributed by atoms with Gasteiger partial charge in [0.1, 0.15) is 5.75 Å². The molecule has 2 N–H and O–H groups in total. The van der Waals surface area contributed by atoms with Crippen molar-refractivity contribution in [3.05, 3.63) is 47.5 Å². The molecule has 0 unspecified atom stereocenters. The Hall–Kier alpha value is -3.13. The molecular formula is C27H40ClN3O5. The van der Waals surface area contributed by atoms with E-state index in [-0.39, 0.29) is 30.4 Å². The standard InChI is InChI=1S/C27H39N3O5.ClH/c1-19(2)30(20(3)4)27(31)23-14-15-24(26(33-6)25(23)32-5)35-17-9-7-8-16-34-22-12-10-21(11-13-22)18-29-28;/h10-15,18-20H,7-9,16-17,28H2,1-6H3;1H. The zero-order chi connectivity index (χ0) is 25.8. The number of hydrazone groups is 1. The number of nitrogens with two attached hydrogens (primary N) is 1. The van der Waals surface area contributed by atoms with E-state index in [4.69, 9.17) is 24.8 Å². The van der Waals surface area contributed by atoms with Crippen molar-refractivity contribution in [2.45, 2.75) is 59.0 Å². The van der Waals surface area contributed by atoms with E-state index >= 15 is 0 Å². The Labute approximate surface area is 221 Å². The van der Waals surface area contributed by atoms with Gasteiger partial charge in [0.25, 0.3) is 5.91 Å². The quantitative estimate of drug-likeness (QED) is 0.157. The summed E-state index contributed by atoms with van der Waals surface area (Å²) < 4.78 is 22.9. The zero-order valence-corrected chi connectivity index (χ0v) is 23.0. The minimum Gasteiger partial charge on any atom is -0.494 e. The first-order valence-electron chi connectivity index (χ1n) is 12.0. The molecule has 9 heteroatoms. The highest BCUT2D eigenvalue weighted by Gasteiger charge is 2.27. The van der Waals surface area contributed by atoms with Crippen molar-refractivity contribution in [1.29, 1.82) is 0 Å². The Bertz CT molecular complexity index is 957. The second-order valence-corrected chi connectivity index (χ2v) is 8.68. The minimum atomic E-state index is -0.0983. The van der Waals surface area contributed by atoms with E-state index in [1.165, 1.54) is 7.11 Å². The number of amides is 1. The molecule has 2 rings (SSSR count). The number of carbonyl (C=O) groups excluding carboxylic acids is 1. The lowest BCUT2D eigenvalue weighted by Crippen LogP contribution is -2.42. The van der Waals surface area contributed by atoms with Crippen molar-refractivity contribution in [3.8, 4) is 23.0 Å². The number of nitrogens with zero attached hydrogens (tertiary/aromatic N) is 2. The third-order valence-electron chi connectivity index (χ3n) is 5.48. The summed E-state index contributed by atoms with van der Waals surface area (Å²) >= 11 is 0. The number of hydrogen-bond donors (Lipinski definition) is 1. The van der Waals surface area contributed by atoms with Crippen LogP contribution in [-0.2, 0) is 0 Å². The fourth-order valence-corrected chi connectivity index (χ4v) is 3.92. The molecule has 0 fully saturated rings. The molecule has 200 valence electrons. The van der Waals surface area contributed by atoms with Crippen LogP contribution in [0.15, 0.2) is 41.5 Å². The molecule has 8 nitrogen and oxygen atoms in total. The summed E-state index contributed by atoms with van der Waals surface area (Å²) in [6.07, 6.45) is 4.30. The number of halogens is 1. The summed E-state index contributed by atoms with van der Waals surface area (Å²) in [6, 6.07) is 11.2. The van der Waals surface area contributed by atoms with Crippen LogP contribution in [0, 0.1) is 0 Å². The number of methoxy groups -OCH3 is 2. The van der Waals surface area contributed by atoms with E-state index in [1.54, 1.807) is 25.5 Å². The van der Waals surface area contributed by atoms with Crippen molar-refractivity contribution in [3.63, 3.8) is 0 Å². The van der Waals surface area contributed by atoms with E-state index in [0.29, 0.717) is 36.0 Å². The smallest absolute Gasteiger partial charge is 0.258 e. The number of ether oxygens (including phenoxy) is 4. The highest BCUT2D eigenvalue weighted by Crippen LogP contribution is 2.40. The van der Waals surface area contributed by atoms with Crippen molar-refractivity contribution in [2.24, 2.45) is 10.9 Å². The Morgan fingerprint density at radius 1 is 0.889 bits per heavy atom. The Kier molecular flexibility index (Phi) is 13.5. The molecule has 2 aromatic rings. The molecule has 0 saturated carbocycles. The molecule has 0 saturated heterocycles. The predicted molar refractivity (Wildman–Crippen MR) is 146 cm³/mol. The van der Waals surface area contributed by atoms with Gasteiger partial charge in [-0.1, -0.05) is 0 Å². The molecule has 0 spiro atoms. The van der Waals surface area contributed by atoms with Gasteiger partial charge in [-0.15, -0.1) is 12.4 Å². The van der Waals surface area contributed by atoms with Crippen LogP contribution in [0.5, 0.6) is 23.0 Å². The summed E-state index contributed by atoms with van der Waals surface area (Å²) in [5.41, 5.74) is 1.39. The summed E-state index contributed by atoms with van der Waals surface area (Å²) in [7, 11) is 3.08. The predicted octanol–water partition coefficient (Wildman–Crippen LogP) is 5.31. The lowest BCUT2D eigenvalue weighted by Gasteiger charge is -2.31. The van der Waals surface area contributed by atoms with Crippen molar-refractivity contribution >= 4 is 24.5 Å². The third-order valence-corrected chi connectivity index (χ3v) is 5.48. The monoisotopic (exact) mass is 521 g/mol. The van der Waals surface area contributed by atoms with Crippen LogP contribution in [-0.4, -0.2) is 56.5 Å².